The zero-order valence-corrected chi connectivity index (χ0v) is 16.4. The molecule has 0 saturated carbocycles. The van der Waals surface area contributed by atoms with Crippen LogP contribution in [0.2, 0.25) is 0 Å². The number of nitrogens with zero attached hydrogens (tertiary/aromatic N) is 2. The second-order valence-electron chi connectivity index (χ2n) is 8.12. The first-order valence-electron chi connectivity index (χ1n) is 10.3. The van der Waals surface area contributed by atoms with E-state index in [9.17, 15) is 9.18 Å². The first-order chi connectivity index (χ1) is 13.1. The van der Waals surface area contributed by atoms with Crippen LogP contribution in [0.15, 0.2) is 24.3 Å². The molecule has 2 fully saturated rings. The molecular weight excluding hydrogens is 343 g/mol. The molecule has 3 rings (SSSR count). The Hall–Kier alpha value is -1.82. The standard InChI is InChI=1S/C21H33FN4O/c1-17-4-2-11-25(15-17)12-3-10-23-21(27)24-14-18-9-13-26(16-18)20-7-5-19(22)6-8-20/h5-8,17-18H,2-4,9-16H2,1H3,(H2,23,24,27)/t17-,18+/m0/s1. The molecule has 6 heteroatoms. The molecule has 2 amide bonds. The molecule has 2 aliphatic heterocycles. The fraction of sp³-hybridized carbons (Fsp3) is 0.667. The summed E-state index contributed by atoms with van der Waals surface area (Å²) in [6.45, 7) is 9.04. The van der Waals surface area contributed by atoms with Gasteiger partial charge in [0.25, 0.3) is 0 Å². The lowest BCUT2D eigenvalue weighted by molar-refractivity contribution is 0.181. The van der Waals surface area contributed by atoms with E-state index in [1.54, 1.807) is 0 Å². The molecule has 0 aromatic heterocycles. The maximum Gasteiger partial charge on any atom is 0.314 e. The molecule has 2 aliphatic rings. The van der Waals surface area contributed by atoms with Gasteiger partial charge in [-0.1, -0.05) is 6.92 Å². The Labute approximate surface area is 162 Å². The van der Waals surface area contributed by atoms with E-state index in [1.165, 1.54) is 38.1 Å². The third-order valence-corrected chi connectivity index (χ3v) is 5.71. The number of rotatable bonds is 7. The van der Waals surface area contributed by atoms with E-state index in [0.717, 1.165) is 50.6 Å². The van der Waals surface area contributed by atoms with Gasteiger partial charge < -0.3 is 20.4 Å². The van der Waals surface area contributed by atoms with E-state index in [4.69, 9.17) is 0 Å². The van der Waals surface area contributed by atoms with Crippen molar-refractivity contribution in [1.29, 1.82) is 0 Å². The van der Waals surface area contributed by atoms with Crippen LogP contribution in [0.3, 0.4) is 0 Å². The van der Waals surface area contributed by atoms with E-state index in [1.807, 2.05) is 12.1 Å². The summed E-state index contributed by atoms with van der Waals surface area (Å²) in [4.78, 5) is 16.8. The van der Waals surface area contributed by atoms with E-state index in [2.05, 4.69) is 27.4 Å². The van der Waals surface area contributed by atoms with Crippen LogP contribution in [-0.4, -0.2) is 56.7 Å². The first kappa shape index (κ1) is 19.9. The number of hydrogen-bond donors (Lipinski definition) is 2. The van der Waals surface area contributed by atoms with Gasteiger partial charge >= 0.3 is 6.03 Å². The zero-order chi connectivity index (χ0) is 19.1. The van der Waals surface area contributed by atoms with E-state index in [0.29, 0.717) is 12.5 Å². The lowest BCUT2D eigenvalue weighted by Crippen LogP contribution is -2.40. The highest BCUT2D eigenvalue weighted by Crippen LogP contribution is 2.23. The Morgan fingerprint density at radius 1 is 1.15 bits per heavy atom. The Balaban J connectivity index is 1.26. The average molecular weight is 377 g/mol. The van der Waals surface area contributed by atoms with E-state index in [-0.39, 0.29) is 11.8 Å². The van der Waals surface area contributed by atoms with Gasteiger partial charge in [-0.2, -0.15) is 0 Å². The second-order valence-corrected chi connectivity index (χ2v) is 8.12. The monoisotopic (exact) mass is 376 g/mol. The molecule has 0 aliphatic carbocycles. The molecule has 0 bridgehead atoms. The number of likely N-dealkylation sites (tertiary alicyclic amines) is 1. The lowest BCUT2D eigenvalue weighted by atomic mass is 10.0. The van der Waals surface area contributed by atoms with Crippen LogP contribution in [0.25, 0.3) is 0 Å². The van der Waals surface area contributed by atoms with Gasteiger partial charge in [0.2, 0.25) is 0 Å². The Kier molecular flexibility index (Phi) is 7.33. The third-order valence-electron chi connectivity index (χ3n) is 5.71. The summed E-state index contributed by atoms with van der Waals surface area (Å²) in [6.07, 6.45) is 4.69. The Bertz CT molecular complexity index is 594. The van der Waals surface area contributed by atoms with E-state index >= 15 is 0 Å². The van der Waals surface area contributed by atoms with Gasteiger partial charge in [-0.25, -0.2) is 9.18 Å². The highest BCUT2D eigenvalue weighted by atomic mass is 19.1. The quantitative estimate of drug-likeness (QED) is 0.719. The minimum atomic E-state index is -0.206. The molecular formula is C21H33FN4O. The molecule has 2 saturated heterocycles. The number of carbonyl (C=O) groups is 1. The summed E-state index contributed by atoms with van der Waals surface area (Å²) in [5.41, 5.74) is 1.05. The zero-order valence-electron chi connectivity index (χ0n) is 16.4. The van der Waals surface area contributed by atoms with Gasteiger partial charge in [-0.15, -0.1) is 0 Å². The predicted octanol–water partition coefficient (Wildman–Crippen LogP) is 3.07. The lowest BCUT2D eigenvalue weighted by Gasteiger charge is -2.30. The van der Waals surface area contributed by atoms with Crippen LogP contribution in [-0.2, 0) is 0 Å². The maximum absolute atomic E-state index is 13.0. The van der Waals surface area contributed by atoms with Gasteiger partial charge in [0.1, 0.15) is 5.82 Å². The van der Waals surface area contributed by atoms with Crippen LogP contribution in [0.4, 0.5) is 14.9 Å². The minimum Gasteiger partial charge on any atom is -0.371 e. The second kappa shape index (κ2) is 9.93. The fourth-order valence-electron chi connectivity index (χ4n) is 4.18. The van der Waals surface area contributed by atoms with Gasteiger partial charge in [0.05, 0.1) is 0 Å². The fourth-order valence-corrected chi connectivity index (χ4v) is 4.18. The molecule has 2 heterocycles. The number of hydrogen-bond acceptors (Lipinski definition) is 3. The summed E-state index contributed by atoms with van der Waals surface area (Å²) in [5, 5.41) is 5.98. The summed E-state index contributed by atoms with van der Waals surface area (Å²) >= 11 is 0. The SMILES string of the molecule is C[C@H]1CCCN(CCCNC(=O)NC[C@H]2CCN(c3ccc(F)cc3)C2)C1. The predicted molar refractivity (Wildman–Crippen MR) is 108 cm³/mol. The van der Waals surface area contributed by atoms with Gasteiger partial charge in [-0.05, 0) is 74.9 Å². The smallest absolute Gasteiger partial charge is 0.314 e. The summed E-state index contributed by atoms with van der Waals surface area (Å²) in [5.74, 6) is 1.04. The van der Waals surface area contributed by atoms with Crippen LogP contribution >= 0.6 is 0 Å². The number of carbonyl (C=O) groups excluding carboxylic acids is 1. The highest BCUT2D eigenvalue weighted by molar-refractivity contribution is 5.73. The minimum absolute atomic E-state index is 0.0674. The van der Waals surface area contributed by atoms with Crippen molar-refractivity contribution in [2.45, 2.75) is 32.6 Å². The number of amides is 2. The molecule has 1 aromatic carbocycles. The Morgan fingerprint density at radius 3 is 2.74 bits per heavy atom. The molecule has 150 valence electrons. The number of anilines is 1. The van der Waals surface area contributed by atoms with Crippen molar-refractivity contribution in [3.05, 3.63) is 30.1 Å². The van der Waals surface area contributed by atoms with Crippen LogP contribution < -0.4 is 15.5 Å². The maximum atomic E-state index is 13.0. The first-order valence-corrected chi connectivity index (χ1v) is 10.3. The van der Waals surface area contributed by atoms with Crippen LogP contribution in [0.1, 0.15) is 32.6 Å². The summed E-state index contributed by atoms with van der Waals surface area (Å²) in [6, 6.07) is 6.57. The molecule has 2 atom stereocenters. The van der Waals surface area contributed by atoms with Gasteiger partial charge in [0, 0.05) is 38.4 Å². The average Bonchev–Trinajstić information content (AvgIpc) is 3.13. The van der Waals surface area contributed by atoms with Crippen molar-refractivity contribution in [3.63, 3.8) is 0 Å². The van der Waals surface area contributed by atoms with Crippen molar-refractivity contribution in [3.8, 4) is 0 Å². The highest BCUT2D eigenvalue weighted by Gasteiger charge is 2.23. The van der Waals surface area contributed by atoms with Gasteiger partial charge in [-0.3, -0.25) is 0 Å². The van der Waals surface area contributed by atoms with Gasteiger partial charge in [0.15, 0.2) is 0 Å². The molecule has 2 N–H and O–H groups in total. The molecule has 5 nitrogen and oxygen atoms in total. The molecule has 1 aromatic rings. The third kappa shape index (κ3) is 6.38. The van der Waals surface area contributed by atoms with Crippen molar-refractivity contribution in [2.24, 2.45) is 11.8 Å². The largest absolute Gasteiger partial charge is 0.371 e. The number of benzene rings is 1. The van der Waals surface area contributed by atoms with Crippen LogP contribution in [0, 0.1) is 17.7 Å². The number of halogens is 1. The molecule has 0 radical (unpaired) electrons. The number of nitrogens with one attached hydrogen (secondary N) is 2. The van der Waals surface area contributed by atoms with E-state index < -0.39 is 0 Å². The summed E-state index contributed by atoms with van der Waals surface area (Å²) < 4.78 is 13.0. The Morgan fingerprint density at radius 2 is 1.96 bits per heavy atom. The van der Waals surface area contributed by atoms with Crippen molar-refractivity contribution in [1.82, 2.24) is 15.5 Å². The molecule has 0 unspecified atom stereocenters. The van der Waals surface area contributed by atoms with Crippen molar-refractivity contribution >= 4 is 11.7 Å². The van der Waals surface area contributed by atoms with Crippen LogP contribution in [0.5, 0.6) is 0 Å². The molecule has 0 spiro atoms. The number of urea groups is 1. The number of piperidine rings is 1. The normalized spacial score (nSPS) is 23.4. The van der Waals surface area contributed by atoms with Crippen molar-refractivity contribution in [2.75, 3.05) is 50.7 Å². The van der Waals surface area contributed by atoms with Crippen molar-refractivity contribution < 1.29 is 9.18 Å². The molecule has 27 heavy (non-hydrogen) atoms. The topological polar surface area (TPSA) is 47.6 Å². The summed E-state index contributed by atoms with van der Waals surface area (Å²) in [7, 11) is 0.